The molecule has 0 spiro atoms. The molecule has 8 atom stereocenters. The fraction of sp³-hybridized carbons (Fsp3) is 0.533. The van der Waals surface area contributed by atoms with Crippen LogP contribution in [0.3, 0.4) is 0 Å². The molecule has 1 saturated carbocycles. The second-order valence-corrected chi connectivity index (χ2v) is 11.8. The highest BCUT2D eigenvalue weighted by Crippen LogP contribution is 2.67. The van der Waals surface area contributed by atoms with Gasteiger partial charge in [0, 0.05) is 25.2 Å². The molecule has 2 N–H and O–H groups in total. The minimum Gasteiger partial charge on any atom is -0.504 e. The third-order valence-corrected chi connectivity index (χ3v) is 9.36. The molecule has 1 unspecified atom stereocenters. The topological polar surface area (TPSA) is 121 Å². The third-order valence-electron chi connectivity index (χ3n) is 9.36. The van der Waals surface area contributed by atoms with Gasteiger partial charge in [0.2, 0.25) is 0 Å². The molecule has 39 heavy (non-hydrogen) atoms. The van der Waals surface area contributed by atoms with E-state index < -0.39 is 46.7 Å². The van der Waals surface area contributed by atoms with Gasteiger partial charge < -0.3 is 33.9 Å². The Bertz CT molecular complexity index is 1360. The zero-order valence-electron chi connectivity index (χ0n) is 22.8. The molecule has 1 aromatic carbocycles. The summed E-state index contributed by atoms with van der Waals surface area (Å²) in [7, 11) is 1.39. The zero-order chi connectivity index (χ0) is 28.1. The first kappa shape index (κ1) is 26.3. The van der Waals surface area contributed by atoms with E-state index in [0.717, 1.165) is 5.57 Å². The van der Waals surface area contributed by atoms with Gasteiger partial charge in [-0.3, -0.25) is 4.79 Å². The summed E-state index contributed by atoms with van der Waals surface area (Å²) in [6.07, 6.45) is 3.86. The number of methoxy groups -OCH3 is 1. The first-order valence-corrected chi connectivity index (χ1v) is 13.2. The van der Waals surface area contributed by atoms with Crippen LogP contribution in [0.2, 0.25) is 0 Å². The van der Waals surface area contributed by atoms with Crippen LogP contribution in [-0.2, 0) is 23.7 Å². The van der Waals surface area contributed by atoms with E-state index in [1.54, 1.807) is 13.8 Å². The lowest BCUT2D eigenvalue weighted by molar-refractivity contribution is -0.413. The lowest BCUT2D eigenvalue weighted by Gasteiger charge is -2.58. The van der Waals surface area contributed by atoms with Gasteiger partial charge in [0.15, 0.2) is 17.3 Å². The highest BCUT2D eigenvalue weighted by molar-refractivity contribution is 6.05. The number of carbonyl (C=O) groups is 2. The average molecular weight is 539 g/mol. The number of phenols is 1. The van der Waals surface area contributed by atoms with E-state index in [4.69, 9.17) is 23.7 Å². The molecule has 3 aliphatic carbocycles. The van der Waals surface area contributed by atoms with Gasteiger partial charge in [0.05, 0.1) is 18.3 Å². The van der Waals surface area contributed by atoms with Crippen molar-refractivity contribution >= 4 is 11.8 Å². The Labute approximate surface area is 227 Å². The van der Waals surface area contributed by atoms with Crippen molar-refractivity contribution in [2.75, 3.05) is 13.7 Å². The summed E-state index contributed by atoms with van der Waals surface area (Å²) in [6.45, 7) is 11.5. The lowest BCUT2D eigenvalue weighted by Crippen LogP contribution is -2.70. The van der Waals surface area contributed by atoms with Crippen molar-refractivity contribution < 1.29 is 43.5 Å². The summed E-state index contributed by atoms with van der Waals surface area (Å²) in [6, 6.07) is 4.18. The maximum atomic E-state index is 13.5. The van der Waals surface area contributed by atoms with Gasteiger partial charge in [0.1, 0.15) is 23.9 Å². The zero-order valence-corrected chi connectivity index (χ0v) is 22.8. The number of aromatic hydroxyl groups is 1. The van der Waals surface area contributed by atoms with Crippen LogP contribution in [-0.4, -0.2) is 64.6 Å². The molecule has 2 heterocycles. The molecule has 2 saturated heterocycles. The van der Waals surface area contributed by atoms with E-state index in [1.807, 2.05) is 19.1 Å². The van der Waals surface area contributed by atoms with E-state index in [9.17, 15) is 19.8 Å². The normalized spacial score (nSPS) is 41.7. The number of rotatable bonds is 5. The van der Waals surface area contributed by atoms with Crippen molar-refractivity contribution in [1.29, 1.82) is 0 Å². The molecule has 0 amide bonds. The second kappa shape index (κ2) is 8.27. The van der Waals surface area contributed by atoms with Gasteiger partial charge in [-0.1, -0.05) is 25.7 Å². The number of carbonyl (C=O) groups excluding carboxylic acids is 2. The van der Waals surface area contributed by atoms with Gasteiger partial charge in [-0.25, -0.2) is 4.79 Å². The SMILES string of the molecule is C=C(C)[C@]12C[C@@H](C)[C@@]34OC(C)(O[C@H]1[C@@H]3C=C(COC(=O)c1ccc(O)c(OC)c1)C[C@]1(O)C(=O)C(C)=C[C@@H]41)O2. The fourth-order valence-electron chi connectivity index (χ4n) is 7.72. The minimum absolute atomic E-state index is 0.0186. The number of hydrogen-bond donors (Lipinski definition) is 2. The Morgan fingerprint density at radius 3 is 2.69 bits per heavy atom. The quantitative estimate of drug-likeness (QED) is 0.428. The van der Waals surface area contributed by atoms with E-state index in [2.05, 4.69) is 13.5 Å². The summed E-state index contributed by atoms with van der Waals surface area (Å²) < 4.78 is 30.4. The van der Waals surface area contributed by atoms with Crippen LogP contribution < -0.4 is 4.74 Å². The van der Waals surface area contributed by atoms with Gasteiger partial charge in [0.25, 0.3) is 5.97 Å². The van der Waals surface area contributed by atoms with Crippen molar-refractivity contribution in [3.8, 4) is 11.5 Å². The maximum absolute atomic E-state index is 13.5. The van der Waals surface area contributed by atoms with Crippen LogP contribution in [0.25, 0.3) is 0 Å². The Morgan fingerprint density at radius 2 is 2.00 bits per heavy atom. The molecule has 0 radical (unpaired) electrons. The van der Waals surface area contributed by atoms with Crippen LogP contribution in [0.5, 0.6) is 11.5 Å². The Balaban J connectivity index is 1.41. The number of benzene rings is 1. The number of ketones is 1. The first-order chi connectivity index (χ1) is 18.3. The van der Waals surface area contributed by atoms with Crippen molar-refractivity contribution in [2.24, 2.45) is 17.8 Å². The molecule has 0 aromatic heterocycles. The second-order valence-electron chi connectivity index (χ2n) is 11.8. The van der Waals surface area contributed by atoms with Crippen molar-refractivity contribution in [1.82, 2.24) is 0 Å². The monoisotopic (exact) mass is 538 g/mol. The molecule has 2 aliphatic heterocycles. The number of fused-ring (bicyclic) bond motifs is 2. The standard InChI is InChI=1S/C30H34O9/c1-15(2)29-12-17(4)30-20(25(29)37-27(5,38-29)39-30)10-18(13-28(34)23(30)9-16(3)24(28)32)14-36-26(33)19-7-8-21(31)22(11-19)35-6/h7-11,17,20,23,25,31,34H,1,12-14H2,2-6H3/t17-,20+,23-,25+,27?,28-,29-,30-/m1/s1. The molecule has 3 bridgehead atoms. The fourth-order valence-corrected chi connectivity index (χ4v) is 7.72. The summed E-state index contributed by atoms with van der Waals surface area (Å²) >= 11 is 0. The summed E-state index contributed by atoms with van der Waals surface area (Å²) in [5.41, 5.74) is -1.50. The Hall–Kier alpha value is -2.98. The number of esters is 1. The number of ether oxygens (including phenoxy) is 5. The van der Waals surface area contributed by atoms with Crippen molar-refractivity contribution in [3.63, 3.8) is 0 Å². The number of aliphatic hydroxyl groups is 1. The van der Waals surface area contributed by atoms with Gasteiger partial charge in [-0.15, -0.1) is 0 Å². The van der Waals surface area contributed by atoms with Crippen molar-refractivity contribution in [3.05, 3.63) is 59.2 Å². The minimum atomic E-state index is -1.77. The van der Waals surface area contributed by atoms with Crippen LogP contribution in [0, 0.1) is 17.8 Å². The lowest BCUT2D eigenvalue weighted by atomic mass is 9.55. The molecule has 208 valence electrons. The number of hydrogen-bond acceptors (Lipinski definition) is 9. The predicted octanol–water partition coefficient (Wildman–Crippen LogP) is 3.59. The van der Waals surface area contributed by atoms with E-state index in [0.29, 0.717) is 17.6 Å². The van der Waals surface area contributed by atoms with Gasteiger partial charge in [-0.05, 0) is 61.1 Å². The maximum Gasteiger partial charge on any atom is 0.338 e. The van der Waals surface area contributed by atoms with Crippen molar-refractivity contribution in [2.45, 2.75) is 69.4 Å². The average Bonchev–Trinajstić information content (AvgIpc) is 3.17. The van der Waals surface area contributed by atoms with Gasteiger partial charge >= 0.3 is 5.97 Å². The Morgan fingerprint density at radius 1 is 1.26 bits per heavy atom. The van der Waals surface area contributed by atoms with Gasteiger partial charge in [-0.2, -0.15) is 0 Å². The number of phenolic OH excluding ortho intramolecular Hbond substituents is 1. The highest BCUT2D eigenvalue weighted by atomic mass is 16.9. The Kier molecular flexibility index (Phi) is 5.56. The van der Waals surface area contributed by atoms with Crippen LogP contribution in [0.15, 0.2) is 53.6 Å². The molecule has 9 heteroatoms. The third kappa shape index (κ3) is 3.40. The first-order valence-electron chi connectivity index (χ1n) is 13.2. The molecule has 9 nitrogen and oxygen atoms in total. The number of Topliss-reactive ketones (excluding diaryl/α,β-unsaturated/α-hetero) is 1. The van der Waals surface area contributed by atoms with E-state index in [1.165, 1.54) is 25.3 Å². The van der Waals surface area contributed by atoms with E-state index in [-0.39, 0.29) is 41.8 Å². The molecule has 1 aromatic rings. The molecule has 5 aliphatic rings. The van der Waals surface area contributed by atoms with Crippen LogP contribution in [0.4, 0.5) is 0 Å². The molecule has 3 fully saturated rings. The molecule has 6 rings (SSSR count). The smallest absolute Gasteiger partial charge is 0.338 e. The van der Waals surface area contributed by atoms with Crippen LogP contribution >= 0.6 is 0 Å². The molecular formula is C30H34O9. The largest absolute Gasteiger partial charge is 0.504 e. The summed E-state index contributed by atoms with van der Waals surface area (Å²) in [5.74, 6) is -3.50. The van der Waals surface area contributed by atoms with E-state index >= 15 is 0 Å². The molecular weight excluding hydrogens is 504 g/mol. The van der Waals surface area contributed by atoms with Crippen LogP contribution in [0.1, 0.15) is 50.9 Å². The predicted molar refractivity (Wildman–Crippen MR) is 138 cm³/mol. The summed E-state index contributed by atoms with van der Waals surface area (Å²) in [4.78, 5) is 26.4. The highest BCUT2D eigenvalue weighted by Gasteiger charge is 2.78. The summed E-state index contributed by atoms with van der Waals surface area (Å²) in [5, 5.41) is 22.0.